The standard InChI is InChI=1S/C24H25ClN2O6S/c1-31-21-10-8-19(15-20(21)27-24(28)17-5-4-6-18(25)14-17)34(29,30)26-12-11-16-7-9-22(32-2)23(13-16)33-3/h4-10,13-15,26H,11-12H2,1-3H3,(H,27,28). The fourth-order valence-corrected chi connectivity index (χ4v) is 4.47. The van der Waals surface area contributed by atoms with Crippen LogP contribution in [-0.2, 0) is 16.4 Å². The highest BCUT2D eigenvalue weighted by molar-refractivity contribution is 7.89. The van der Waals surface area contributed by atoms with Crippen LogP contribution in [-0.4, -0.2) is 42.2 Å². The van der Waals surface area contributed by atoms with E-state index in [1.165, 1.54) is 38.5 Å². The first kappa shape index (κ1) is 25.4. The topological polar surface area (TPSA) is 103 Å². The molecule has 1 amide bonds. The monoisotopic (exact) mass is 504 g/mol. The Balaban J connectivity index is 1.73. The lowest BCUT2D eigenvalue weighted by atomic mass is 10.1. The summed E-state index contributed by atoms with van der Waals surface area (Å²) in [4.78, 5) is 12.6. The van der Waals surface area contributed by atoms with Crippen LogP contribution in [0.2, 0.25) is 5.02 Å². The quantitative estimate of drug-likeness (QED) is 0.430. The number of halogens is 1. The van der Waals surface area contributed by atoms with E-state index >= 15 is 0 Å². The Labute approximate surface area is 203 Å². The second-order valence-corrected chi connectivity index (χ2v) is 9.37. The molecule has 0 heterocycles. The van der Waals surface area contributed by atoms with Crippen molar-refractivity contribution in [2.75, 3.05) is 33.2 Å². The van der Waals surface area contributed by atoms with Crippen molar-refractivity contribution in [1.82, 2.24) is 4.72 Å². The van der Waals surface area contributed by atoms with E-state index in [1.807, 2.05) is 6.07 Å². The molecule has 0 bridgehead atoms. The van der Waals surface area contributed by atoms with E-state index in [1.54, 1.807) is 37.4 Å². The SMILES string of the molecule is COc1ccc(S(=O)(=O)NCCc2ccc(OC)c(OC)c2)cc1NC(=O)c1cccc(Cl)c1. The second kappa shape index (κ2) is 11.2. The first-order chi connectivity index (χ1) is 16.3. The average Bonchev–Trinajstić information content (AvgIpc) is 2.83. The number of rotatable bonds is 10. The van der Waals surface area contributed by atoms with E-state index in [-0.39, 0.29) is 17.1 Å². The molecule has 2 N–H and O–H groups in total. The molecule has 0 aliphatic heterocycles. The van der Waals surface area contributed by atoms with Gasteiger partial charge in [-0.1, -0.05) is 23.7 Å². The Morgan fingerprint density at radius 1 is 0.882 bits per heavy atom. The third kappa shape index (κ3) is 6.19. The van der Waals surface area contributed by atoms with Crippen molar-refractivity contribution in [3.63, 3.8) is 0 Å². The van der Waals surface area contributed by atoms with Crippen molar-refractivity contribution in [3.8, 4) is 17.2 Å². The molecule has 3 rings (SSSR count). The van der Waals surface area contributed by atoms with Crippen LogP contribution >= 0.6 is 11.6 Å². The molecule has 3 aromatic rings. The number of methoxy groups -OCH3 is 3. The van der Waals surface area contributed by atoms with Gasteiger partial charge < -0.3 is 19.5 Å². The summed E-state index contributed by atoms with van der Waals surface area (Å²) < 4.78 is 44.1. The Bertz CT molecular complexity index is 1280. The molecule has 0 saturated heterocycles. The highest BCUT2D eigenvalue weighted by Gasteiger charge is 2.18. The first-order valence-corrected chi connectivity index (χ1v) is 12.1. The smallest absolute Gasteiger partial charge is 0.255 e. The maximum Gasteiger partial charge on any atom is 0.255 e. The fraction of sp³-hybridized carbons (Fsp3) is 0.208. The van der Waals surface area contributed by atoms with Gasteiger partial charge in [-0.05, 0) is 60.5 Å². The molecule has 8 nitrogen and oxygen atoms in total. The maximum atomic E-state index is 12.9. The van der Waals surface area contributed by atoms with Gasteiger partial charge in [0.25, 0.3) is 5.91 Å². The van der Waals surface area contributed by atoms with Crippen molar-refractivity contribution < 1.29 is 27.4 Å². The Hall–Kier alpha value is -3.27. The first-order valence-electron chi connectivity index (χ1n) is 10.2. The minimum Gasteiger partial charge on any atom is -0.495 e. The summed E-state index contributed by atoms with van der Waals surface area (Å²) in [5.41, 5.74) is 1.43. The fourth-order valence-electron chi connectivity index (χ4n) is 3.23. The predicted octanol–water partition coefficient (Wildman–Crippen LogP) is 4.14. The van der Waals surface area contributed by atoms with E-state index in [0.29, 0.717) is 34.3 Å². The number of benzene rings is 3. The lowest BCUT2D eigenvalue weighted by Crippen LogP contribution is -2.26. The van der Waals surface area contributed by atoms with Crippen LogP contribution in [0.25, 0.3) is 0 Å². The zero-order valence-electron chi connectivity index (χ0n) is 18.9. The van der Waals surface area contributed by atoms with Crippen molar-refractivity contribution in [2.24, 2.45) is 0 Å². The maximum absolute atomic E-state index is 12.9. The Morgan fingerprint density at radius 2 is 1.59 bits per heavy atom. The van der Waals surface area contributed by atoms with Gasteiger partial charge >= 0.3 is 0 Å². The van der Waals surface area contributed by atoms with Gasteiger partial charge in [0, 0.05) is 17.1 Å². The number of nitrogens with one attached hydrogen (secondary N) is 2. The Morgan fingerprint density at radius 3 is 2.26 bits per heavy atom. The third-order valence-electron chi connectivity index (χ3n) is 4.97. The summed E-state index contributed by atoms with van der Waals surface area (Å²) in [5.74, 6) is 1.03. The van der Waals surface area contributed by atoms with Gasteiger partial charge in [-0.3, -0.25) is 4.79 Å². The number of carbonyl (C=O) groups excluding carboxylic acids is 1. The minimum atomic E-state index is -3.85. The van der Waals surface area contributed by atoms with E-state index in [0.717, 1.165) is 5.56 Å². The molecule has 0 spiro atoms. The lowest BCUT2D eigenvalue weighted by Gasteiger charge is -2.13. The van der Waals surface area contributed by atoms with Gasteiger partial charge in [0.1, 0.15) is 5.75 Å². The Kier molecular flexibility index (Phi) is 8.38. The lowest BCUT2D eigenvalue weighted by molar-refractivity contribution is 0.102. The average molecular weight is 505 g/mol. The van der Waals surface area contributed by atoms with Gasteiger partial charge in [-0.25, -0.2) is 13.1 Å². The van der Waals surface area contributed by atoms with Gasteiger partial charge in [0.2, 0.25) is 10.0 Å². The molecule has 0 saturated carbocycles. The van der Waals surface area contributed by atoms with Crippen molar-refractivity contribution in [1.29, 1.82) is 0 Å². The van der Waals surface area contributed by atoms with Crippen LogP contribution in [0, 0.1) is 0 Å². The number of carbonyl (C=O) groups is 1. The number of amides is 1. The van der Waals surface area contributed by atoms with E-state index in [4.69, 9.17) is 25.8 Å². The van der Waals surface area contributed by atoms with Crippen LogP contribution in [0.5, 0.6) is 17.2 Å². The summed E-state index contributed by atoms with van der Waals surface area (Å²) in [5, 5.41) is 3.09. The van der Waals surface area contributed by atoms with E-state index < -0.39 is 15.9 Å². The molecule has 0 atom stereocenters. The third-order valence-corrected chi connectivity index (χ3v) is 6.66. The highest BCUT2D eigenvalue weighted by Crippen LogP contribution is 2.29. The normalized spacial score (nSPS) is 11.1. The zero-order valence-corrected chi connectivity index (χ0v) is 20.5. The van der Waals surface area contributed by atoms with Crippen LogP contribution in [0.15, 0.2) is 65.6 Å². The highest BCUT2D eigenvalue weighted by atomic mass is 35.5. The number of hydrogen-bond donors (Lipinski definition) is 2. The number of ether oxygens (including phenoxy) is 3. The molecule has 3 aromatic carbocycles. The number of sulfonamides is 1. The molecule has 0 aliphatic carbocycles. The van der Waals surface area contributed by atoms with Crippen molar-refractivity contribution >= 4 is 33.2 Å². The van der Waals surface area contributed by atoms with Crippen LogP contribution in [0.3, 0.4) is 0 Å². The van der Waals surface area contributed by atoms with Gasteiger partial charge in [0.05, 0.1) is 31.9 Å². The summed E-state index contributed by atoms with van der Waals surface area (Å²) in [6.45, 7) is 0.161. The van der Waals surface area contributed by atoms with Crippen molar-refractivity contribution in [3.05, 3.63) is 76.8 Å². The van der Waals surface area contributed by atoms with Gasteiger partial charge in [0.15, 0.2) is 11.5 Å². The second-order valence-electron chi connectivity index (χ2n) is 7.16. The van der Waals surface area contributed by atoms with Gasteiger partial charge in [-0.15, -0.1) is 0 Å². The molecular weight excluding hydrogens is 480 g/mol. The minimum absolute atomic E-state index is 0.0120. The molecule has 180 valence electrons. The van der Waals surface area contributed by atoms with Crippen LogP contribution < -0.4 is 24.2 Å². The number of hydrogen-bond acceptors (Lipinski definition) is 6. The van der Waals surface area contributed by atoms with Gasteiger partial charge in [-0.2, -0.15) is 0 Å². The molecule has 0 aromatic heterocycles. The van der Waals surface area contributed by atoms with Crippen LogP contribution in [0.1, 0.15) is 15.9 Å². The largest absolute Gasteiger partial charge is 0.495 e. The van der Waals surface area contributed by atoms with E-state index in [9.17, 15) is 13.2 Å². The summed E-state index contributed by atoms with van der Waals surface area (Å²) in [6.07, 6.45) is 0.439. The molecule has 0 radical (unpaired) electrons. The molecule has 0 unspecified atom stereocenters. The number of anilines is 1. The molecule has 34 heavy (non-hydrogen) atoms. The van der Waals surface area contributed by atoms with Crippen LogP contribution in [0.4, 0.5) is 5.69 Å². The van der Waals surface area contributed by atoms with E-state index in [2.05, 4.69) is 10.0 Å². The molecule has 0 aliphatic rings. The predicted molar refractivity (Wildman–Crippen MR) is 131 cm³/mol. The summed E-state index contributed by atoms with van der Waals surface area (Å²) in [7, 11) is 0.669. The summed E-state index contributed by atoms with van der Waals surface area (Å²) >= 11 is 5.95. The zero-order chi connectivity index (χ0) is 24.7. The summed E-state index contributed by atoms with van der Waals surface area (Å²) in [6, 6.07) is 16.1. The van der Waals surface area contributed by atoms with Crippen molar-refractivity contribution in [2.45, 2.75) is 11.3 Å². The molecule has 0 fully saturated rings. The molecule has 10 heteroatoms. The molecular formula is C24H25ClN2O6S.